The van der Waals surface area contributed by atoms with E-state index in [1.807, 2.05) is 49.4 Å². The Morgan fingerprint density at radius 2 is 1.90 bits per heavy atom. The standard InChI is InChI=1S/C17H18ClNOS/c1-13-4-2-5-14(8-13)10-19-17(20)12-21-11-15-6-3-7-16(18)9-15/h2-9H,10-12H2,1H3,(H,19,20). The van der Waals surface area contributed by atoms with Crippen LogP contribution >= 0.6 is 23.4 Å². The fourth-order valence-corrected chi connectivity index (χ4v) is 2.98. The molecule has 0 saturated heterocycles. The summed E-state index contributed by atoms with van der Waals surface area (Å²) < 4.78 is 0. The summed E-state index contributed by atoms with van der Waals surface area (Å²) in [4.78, 5) is 11.8. The molecule has 4 heteroatoms. The molecule has 0 aromatic heterocycles. The molecule has 0 radical (unpaired) electrons. The van der Waals surface area contributed by atoms with Crippen LogP contribution in [0.4, 0.5) is 0 Å². The first kappa shape index (κ1) is 15.9. The SMILES string of the molecule is Cc1cccc(CNC(=O)CSCc2cccc(Cl)c2)c1. The van der Waals surface area contributed by atoms with Crippen molar-refractivity contribution in [3.05, 3.63) is 70.2 Å². The monoisotopic (exact) mass is 319 g/mol. The van der Waals surface area contributed by atoms with E-state index in [1.165, 1.54) is 5.56 Å². The number of carbonyl (C=O) groups excluding carboxylic acids is 1. The van der Waals surface area contributed by atoms with Crippen LogP contribution in [0.15, 0.2) is 48.5 Å². The maximum Gasteiger partial charge on any atom is 0.230 e. The van der Waals surface area contributed by atoms with Gasteiger partial charge in [0.2, 0.25) is 5.91 Å². The smallest absolute Gasteiger partial charge is 0.230 e. The van der Waals surface area contributed by atoms with Gasteiger partial charge in [-0.05, 0) is 30.2 Å². The van der Waals surface area contributed by atoms with Crippen molar-refractivity contribution >= 4 is 29.3 Å². The molecule has 0 aliphatic rings. The summed E-state index contributed by atoms with van der Waals surface area (Å²) in [5, 5.41) is 3.67. The van der Waals surface area contributed by atoms with E-state index in [9.17, 15) is 4.79 Å². The van der Waals surface area contributed by atoms with Gasteiger partial charge in [0, 0.05) is 17.3 Å². The van der Waals surface area contributed by atoms with Gasteiger partial charge in [-0.25, -0.2) is 0 Å². The number of nitrogens with one attached hydrogen (secondary N) is 1. The van der Waals surface area contributed by atoms with E-state index in [1.54, 1.807) is 11.8 Å². The summed E-state index contributed by atoms with van der Waals surface area (Å²) in [6.45, 7) is 2.63. The lowest BCUT2D eigenvalue weighted by Gasteiger charge is -2.06. The number of rotatable bonds is 6. The first-order valence-corrected chi connectivity index (χ1v) is 8.31. The van der Waals surface area contributed by atoms with Gasteiger partial charge in [-0.1, -0.05) is 53.6 Å². The number of hydrogen-bond acceptors (Lipinski definition) is 2. The van der Waals surface area contributed by atoms with Crippen molar-refractivity contribution in [1.29, 1.82) is 0 Å². The minimum atomic E-state index is 0.0588. The van der Waals surface area contributed by atoms with E-state index >= 15 is 0 Å². The van der Waals surface area contributed by atoms with Crippen LogP contribution in [0.3, 0.4) is 0 Å². The number of thioether (sulfide) groups is 1. The van der Waals surface area contributed by atoms with E-state index in [-0.39, 0.29) is 5.91 Å². The van der Waals surface area contributed by atoms with E-state index < -0.39 is 0 Å². The highest BCUT2D eigenvalue weighted by atomic mass is 35.5. The third-order valence-corrected chi connectivity index (χ3v) is 4.20. The maximum absolute atomic E-state index is 11.8. The van der Waals surface area contributed by atoms with Crippen LogP contribution in [0.2, 0.25) is 5.02 Å². The molecule has 0 aliphatic heterocycles. The van der Waals surface area contributed by atoms with Crippen molar-refractivity contribution in [2.24, 2.45) is 0 Å². The predicted molar refractivity (Wildman–Crippen MR) is 90.6 cm³/mol. The van der Waals surface area contributed by atoms with Crippen molar-refractivity contribution in [1.82, 2.24) is 5.32 Å². The molecule has 1 N–H and O–H groups in total. The Labute approximate surface area is 134 Å². The number of hydrogen-bond donors (Lipinski definition) is 1. The van der Waals surface area contributed by atoms with Gasteiger partial charge in [0.1, 0.15) is 0 Å². The second-order valence-electron chi connectivity index (χ2n) is 4.89. The summed E-state index contributed by atoms with van der Waals surface area (Å²) in [7, 11) is 0. The van der Waals surface area contributed by atoms with Crippen LogP contribution in [0, 0.1) is 6.92 Å². The highest BCUT2D eigenvalue weighted by Gasteiger charge is 2.03. The fourth-order valence-electron chi connectivity index (χ4n) is 1.96. The van der Waals surface area contributed by atoms with Gasteiger partial charge in [0.15, 0.2) is 0 Å². The molecule has 1 amide bonds. The van der Waals surface area contributed by atoms with Gasteiger partial charge in [-0.2, -0.15) is 0 Å². The number of amides is 1. The normalized spacial score (nSPS) is 10.4. The number of benzene rings is 2. The number of halogens is 1. The third kappa shape index (κ3) is 5.82. The largest absolute Gasteiger partial charge is 0.351 e. The quantitative estimate of drug-likeness (QED) is 0.864. The number of carbonyl (C=O) groups is 1. The molecule has 2 aromatic rings. The summed E-state index contributed by atoms with van der Waals surface area (Å²) in [6, 6.07) is 15.9. The second kappa shape index (κ2) is 8.11. The Balaban J connectivity index is 1.70. The van der Waals surface area contributed by atoms with Crippen molar-refractivity contribution in [2.75, 3.05) is 5.75 Å². The molecule has 0 bridgehead atoms. The van der Waals surface area contributed by atoms with Crippen molar-refractivity contribution in [2.45, 2.75) is 19.2 Å². The molecule has 110 valence electrons. The molecular formula is C17H18ClNOS. The van der Waals surface area contributed by atoms with Gasteiger partial charge in [0.25, 0.3) is 0 Å². The molecule has 0 unspecified atom stereocenters. The van der Waals surface area contributed by atoms with Crippen LogP contribution in [0.5, 0.6) is 0 Å². The zero-order valence-corrected chi connectivity index (χ0v) is 13.5. The van der Waals surface area contributed by atoms with Crippen molar-refractivity contribution in [3.63, 3.8) is 0 Å². The van der Waals surface area contributed by atoms with Crippen LogP contribution in [-0.4, -0.2) is 11.7 Å². The van der Waals surface area contributed by atoms with E-state index in [0.717, 1.165) is 21.9 Å². The summed E-state index contributed by atoms with van der Waals surface area (Å²) in [5.74, 6) is 1.31. The predicted octanol–water partition coefficient (Wildman–Crippen LogP) is 4.20. The molecule has 0 aliphatic carbocycles. The highest BCUT2D eigenvalue weighted by molar-refractivity contribution is 7.99. The summed E-state index contributed by atoms with van der Waals surface area (Å²) >= 11 is 7.52. The van der Waals surface area contributed by atoms with Crippen molar-refractivity contribution in [3.8, 4) is 0 Å². The first-order valence-electron chi connectivity index (χ1n) is 6.78. The van der Waals surface area contributed by atoms with Gasteiger partial charge >= 0.3 is 0 Å². The molecule has 0 heterocycles. The average Bonchev–Trinajstić information content (AvgIpc) is 2.45. The summed E-state index contributed by atoms with van der Waals surface area (Å²) in [6.07, 6.45) is 0. The molecule has 0 fully saturated rings. The van der Waals surface area contributed by atoms with Crippen LogP contribution in [0.1, 0.15) is 16.7 Å². The third-order valence-electron chi connectivity index (χ3n) is 2.96. The van der Waals surface area contributed by atoms with Gasteiger partial charge < -0.3 is 5.32 Å². The first-order chi connectivity index (χ1) is 10.1. The Morgan fingerprint density at radius 3 is 2.67 bits per heavy atom. The van der Waals surface area contributed by atoms with Crippen LogP contribution in [-0.2, 0) is 17.1 Å². The maximum atomic E-state index is 11.8. The second-order valence-corrected chi connectivity index (χ2v) is 6.31. The van der Waals surface area contributed by atoms with E-state index in [2.05, 4.69) is 11.4 Å². The molecule has 0 saturated carbocycles. The van der Waals surface area contributed by atoms with Crippen molar-refractivity contribution < 1.29 is 4.79 Å². The Hall–Kier alpha value is -1.45. The average molecular weight is 320 g/mol. The Bertz CT molecular complexity index is 615. The highest BCUT2D eigenvalue weighted by Crippen LogP contribution is 2.16. The molecular weight excluding hydrogens is 302 g/mol. The molecule has 2 rings (SSSR count). The lowest BCUT2D eigenvalue weighted by atomic mass is 10.1. The zero-order chi connectivity index (χ0) is 15.1. The molecule has 21 heavy (non-hydrogen) atoms. The Kier molecular flexibility index (Phi) is 6.15. The lowest BCUT2D eigenvalue weighted by molar-refractivity contribution is -0.118. The fraction of sp³-hybridized carbons (Fsp3) is 0.235. The summed E-state index contributed by atoms with van der Waals surface area (Å²) in [5.41, 5.74) is 3.47. The Morgan fingerprint density at radius 1 is 1.14 bits per heavy atom. The topological polar surface area (TPSA) is 29.1 Å². The molecule has 2 nitrogen and oxygen atoms in total. The van der Waals surface area contributed by atoms with Crippen LogP contribution in [0.25, 0.3) is 0 Å². The van der Waals surface area contributed by atoms with E-state index in [4.69, 9.17) is 11.6 Å². The lowest BCUT2D eigenvalue weighted by Crippen LogP contribution is -2.24. The van der Waals surface area contributed by atoms with Gasteiger partial charge in [-0.3, -0.25) is 4.79 Å². The minimum absolute atomic E-state index is 0.0588. The van der Waals surface area contributed by atoms with Gasteiger partial charge in [0.05, 0.1) is 5.75 Å². The molecule has 0 atom stereocenters. The van der Waals surface area contributed by atoms with Gasteiger partial charge in [-0.15, -0.1) is 11.8 Å². The van der Waals surface area contributed by atoms with E-state index in [0.29, 0.717) is 12.3 Å². The molecule has 2 aromatic carbocycles. The molecule has 0 spiro atoms. The number of aryl methyl sites for hydroxylation is 1. The zero-order valence-electron chi connectivity index (χ0n) is 11.9. The van der Waals surface area contributed by atoms with Crippen LogP contribution < -0.4 is 5.32 Å². The minimum Gasteiger partial charge on any atom is -0.351 e.